The van der Waals surface area contributed by atoms with E-state index in [-0.39, 0.29) is 31.0 Å². The molecule has 196 valence electrons. The molecule has 1 unspecified atom stereocenters. The van der Waals surface area contributed by atoms with Crippen LogP contribution in [0.25, 0.3) is 0 Å². The van der Waals surface area contributed by atoms with Crippen LogP contribution in [0.4, 0.5) is 0 Å². The number of carbonyl (C=O) groups excluding carboxylic acids is 2. The van der Waals surface area contributed by atoms with Crippen LogP contribution in [0.5, 0.6) is 17.2 Å². The number of para-hydroxylation sites is 2. The molecule has 1 aromatic heterocycles. The third-order valence-electron chi connectivity index (χ3n) is 6.57. The molecular weight excluding hydrogens is 488 g/mol. The van der Waals surface area contributed by atoms with Crippen molar-refractivity contribution in [3.05, 3.63) is 76.0 Å². The van der Waals surface area contributed by atoms with E-state index in [2.05, 4.69) is 11.4 Å². The molecule has 3 aromatic rings. The molecule has 0 fully saturated rings. The number of hydrogen-bond acceptors (Lipinski definition) is 6. The van der Waals surface area contributed by atoms with Crippen LogP contribution in [0.1, 0.15) is 47.6 Å². The summed E-state index contributed by atoms with van der Waals surface area (Å²) >= 11 is 1.70. The minimum atomic E-state index is -0.556. The molecule has 2 aromatic carbocycles. The second-order valence-electron chi connectivity index (χ2n) is 9.90. The van der Waals surface area contributed by atoms with E-state index in [0.717, 1.165) is 12.0 Å². The van der Waals surface area contributed by atoms with Crippen molar-refractivity contribution in [1.82, 2.24) is 9.80 Å². The summed E-state index contributed by atoms with van der Waals surface area (Å²) in [7, 11) is 3.19. The van der Waals surface area contributed by atoms with Crippen LogP contribution in [0.15, 0.2) is 60.0 Å². The fourth-order valence-electron chi connectivity index (χ4n) is 4.51. The second-order valence-corrected chi connectivity index (χ2v) is 10.9. The van der Waals surface area contributed by atoms with Crippen molar-refractivity contribution in [1.29, 1.82) is 0 Å². The van der Waals surface area contributed by atoms with Gasteiger partial charge in [-0.05, 0) is 80.6 Å². The number of amides is 2. The zero-order valence-electron chi connectivity index (χ0n) is 22.0. The zero-order chi connectivity index (χ0) is 26.6. The van der Waals surface area contributed by atoms with Gasteiger partial charge in [0.25, 0.3) is 5.91 Å². The van der Waals surface area contributed by atoms with E-state index >= 15 is 0 Å². The van der Waals surface area contributed by atoms with E-state index < -0.39 is 5.54 Å². The lowest BCUT2D eigenvalue weighted by Crippen LogP contribution is -2.53. The van der Waals surface area contributed by atoms with Gasteiger partial charge in [-0.2, -0.15) is 0 Å². The van der Waals surface area contributed by atoms with Gasteiger partial charge < -0.3 is 24.0 Å². The average Bonchev–Trinajstić information content (AvgIpc) is 3.38. The van der Waals surface area contributed by atoms with Gasteiger partial charge in [-0.15, -0.1) is 11.3 Å². The van der Waals surface area contributed by atoms with Crippen LogP contribution in [0, 0.1) is 0 Å². The Balaban J connectivity index is 1.56. The maximum Gasteiger partial charge on any atom is 0.254 e. The summed E-state index contributed by atoms with van der Waals surface area (Å²) in [6.45, 7) is 6.66. The molecule has 4 rings (SSSR count). The molecule has 0 radical (unpaired) electrons. The van der Waals surface area contributed by atoms with E-state index in [1.54, 1.807) is 54.7 Å². The molecular formula is C29H34N2O5S. The molecule has 37 heavy (non-hydrogen) atoms. The Morgan fingerprint density at radius 2 is 1.70 bits per heavy atom. The van der Waals surface area contributed by atoms with Crippen LogP contribution in [0.3, 0.4) is 0 Å². The number of hydrogen-bond donors (Lipinski definition) is 0. The number of rotatable bonds is 8. The highest BCUT2D eigenvalue weighted by molar-refractivity contribution is 7.10. The zero-order valence-corrected chi connectivity index (χ0v) is 22.8. The van der Waals surface area contributed by atoms with Gasteiger partial charge >= 0.3 is 0 Å². The number of ether oxygens (including phenoxy) is 3. The highest BCUT2D eigenvalue weighted by Gasteiger charge is 2.36. The van der Waals surface area contributed by atoms with Crippen LogP contribution in [0.2, 0.25) is 0 Å². The number of thiophene rings is 1. The lowest BCUT2D eigenvalue weighted by Gasteiger charge is -2.40. The average molecular weight is 523 g/mol. The number of nitrogens with zero attached hydrogens (tertiary/aromatic N) is 2. The Hall–Kier alpha value is -3.52. The molecule has 0 saturated heterocycles. The molecule has 0 saturated carbocycles. The van der Waals surface area contributed by atoms with Crippen LogP contribution < -0.4 is 14.2 Å². The summed E-state index contributed by atoms with van der Waals surface area (Å²) in [5, 5.41) is 2.06. The van der Waals surface area contributed by atoms with Crippen molar-refractivity contribution in [2.45, 2.75) is 38.8 Å². The van der Waals surface area contributed by atoms with Crippen molar-refractivity contribution in [3.8, 4) is 17.2 Å². The fraction of sp³-hybridized carbons (Fsp3) is 0.379. The molecule has 0 aliphatic carbocycles. The highest BCUT2D eigenvalue weighted by Crippen LogP contribution is 2.35. The third-order valence-corrected chi connectivity index (χ3v) is 7.56. The first-order chi connectivity index (χ1) is 17.7. The van der Waals surface area contributed by atoms with Gasteiger partial charge in [-0.1, -0.05) is 12.1 Å². The van der Waals surface area contributed by atoms with E-state index in [0.29, 0.717) is 29.4 Å². The van der Waals surface area contributed by atoms with E-state index in [9.17, 15) is 9.59 Å². The predicted molar refractivity (Wildman–Crippen MR) is 145 cm³/mol. The van der Waals surface area contributed by atoms with E-state index in [1.165, 1.54) is 4.88 Å². The van der Waals surface area contributed by atoms with Crippen molar-refractivity contribution in [2.75, 3.05) is 33.9 Å². The van der Waals surface area contributed by atoms with Gasteiger partial charge in [-0.25, -0.2) is 0 Å². The lowest BCUT2D eigenvalue weighted by molar-refractivity contribution is -0.136. The summed E-state index contributed by atoms with van der Waals surface area (Å²) < 4.78 is 16.8. The number of benzene rings is 2. The van der Waals surface area contributed by atoms with Gasteiger partial charge in [0.2, 0.25) is 5.91 Å². The SMILES string of the molecule is COc1ccc(C(=O)N(CC(=O)N2CCc3sccc3C2COc2ccccc2OC)C(C)(C)C)cc1. The minimum Gasteiger partial charge on any atom is -0.497 e. The number of carbonyl (C=O) groups is 2. The van der Waals surface area contributed by atoms with Gasteiger partial charge in [0.15, 0.2) is 11.5 Å². The Labute approximate surface area is 222 Å². The highest BCUT2D eigenvalue weighted by atomic mass is 32.1. The first-order valence-corrected chi connectivity index (χ1v) is 13.2. The summed E-state index contributed by atoms with van der Waals surface area (Å²) in [5.41, 5.74) is 1.06. The standard InChI is InChI=1S/C29H34N2O5S/c1-29(2,3)31(28(33)20-10-12-21(34-4)13-11-20)18-27(32)30-16-14-26-22(15-17-37-26)23(30)19-36-25-9-7-6-8-24(25)35-5/h6-13,15,17,23H,14,16,18-19H2,1-5H3. The Morgan fingerprint density at radius 3 is 2.35 bits per heavy atom. The molecule has 0 bridgehead atoms. The van der Waals surface area contributed by atoms with E-state index in [1.807, 2.05) is 49.9 Å². The number of fused-ring (bicyclic) bond motifs is 1. The molecule has 0 N–H and O–H groups in total. The third kappa shape index (κ3) is 5.91. The van der Waals surface area contributed by atoms with Crippen LogP contribution in [-0.2, 0) is 11.2 Å². The summed E-state index contributed by atoms with van der Waals surface area (Å²) in [5.74, 6) is 1.64. The first-order valence-electron chi connectivity index (χ1n) is 12.3. The smallest absolute Gasteiger partial charge is 0.254 e. The van der Waals surface area contributed by atoms with Gasteiger partial charge in [0.05, 0.1) is 20.3 Å². The Morgan fingerprint density at radius 1 is 1.00 bits per heavy atom. The van der Waals surface area contributed by atoms with Crippen molar-refractivity contribution in [2.24, 2.45) is 0 Å². The van der Waals surface area contributed by atoms with Crippen molar-refractivity contribution >= 4 is 23.2 Å². The normalized spacial score (nSPS) is 15.1. The van der Waals surface area contributed by atoms with Crippen LogP contribution in [-0.4, -0.2) is 61.1 Å². The van der Waals surface area contributed by atoms with Gasteiger partial charge in [-0.3, -0.25) is 9.59 Å². The second kappa shape index (κ2) is 11.3. The lowest BCUT2D eigenvalue weighted by atomic mass is 9.99. The maximum absolute atomic E-state index is 13.8. The van der Waals surface area contributed by atoms with E-state index in [4.69, 9.17) is 14.2 Å². The number of methoxy groups -OCH3 is 2. The molecule has 1 aliphatic heterocycles. The molecule has 1 atom stereocenters. The fourth-order valence-corrected chi connectivity index (χ4v) is 5.44. The molecule has 0 spiro atoms. The van der Waals surface area contributed by atoms with Crippen LogP contribution >= 0.6 is 11.3 Å². The van der Waals surface area contributed by atoms with Gasteiger partial charge in [0.1, 0.15) is 18.9 Å². The molecule has 8 heteroatoms. The molecule has 1 aliphatic rings. The van der Waals surface area contributed by atoms with Gasteiger partial charge in [0, 0.05) is 22.5 Å². The predicted octanol–water partition coefficient (Wildman–Crippen LogP) is 5.21. The molecule has 2 heterocycles. The monoisotopic (exact) mass is 522 g/mol. The molecule has 7 nitrogen and oxygen atoms in total. The van der Waals surface area contributed by atoms with Crippen molar-refractivity contribution in [3.63, 3.8) is 0 Å². The Bertz CT molecular complexity index is 1230. The summed E-state index contributed by atoms with van der Waals surface area (Å²) in [6, 6.07) is 16.3. The molecule has 2 amide bonds. The topological polar surface area (TPSA) is 68.3 Å². The quantitative estimate of drug-likeness (QED) is 0.406. The maximum atomic E-state index is 13.8. The first kappa shape index (κ1) is 26.5. The minimum absolute atomic E-state index is 0.0288. The van der Waals surface area contributed by atoms with Crippen molar-refractivity contribution < 1.29 is 23.8 Å². The Kier molecular flexibility index (Phi) is 8.07. The largest absolute Gasteiger partial charge is 0.497 e. The summed E-state index contributed by atoms with van der Waals surface area (Å²) in [4.78, 5) is 32.1. The summed E-state index contributed by atoms with van der Waals surface area (Å²) in [6.07, 6.45) is 0.784.